The summed E-state index contributed by atoms with van der Waals surface area (Å²) < 4.78 is 25.2. The molecule has 0 radical (unpaired) electrons. The van der Waals surface area contributed by atoms with Crippen LogP contribution in [0, 0.1) is 12.8 Å². The second-order valence-corrected chi connectivity index (χ2v) is 7.85. The first-order valence-electron chi connectivity index (χ1n) is 6.94. The molecule has 0 unspecified atom stereocenters. The molecule has 0 aliphatic carbocycles. The zero-order valence-electron chi connectivity index (χ0n) is 12.6. The Hall–Kier alpha value is -1.14. The molecule has 0 saturated carbocycles. The van der Waals surface area contributed by atoms with Crippen molar-refractivity contribution in [1.29, 1.82) is 0 Å². The zero-order valence-corrected chi connectivity index (χ0v) is 13.4. The van der Waals surface area contributed by atoms with Gasteiger partial charge in [0, 0.05) is 37.4 Å². The molecule has 20 heavy (non-hydrogen) atoms. The van der Waals surface area contributed by atoms with Crippen LogP contribution in [0.4, 0.5) is 5.82 Å². The molecule has 2 rings (SSSR count). The van der Waals surface area contributed by atoms with Crippen LogP contribution in [0.5, 0.6) is 0 Å². The molecule has 0 N–H and O–H groups in total. The van der Waals surface area contributed by atoms with E-state index in [4.69, 9.17) is 0 Å². The standard InChI is InChI=1S/C14H23N3O2S/c1-11(2)9-16-7-8-17(20(4,18)19)10-13-6-5-12(3)15-14(13)16/h5-6,11H,7-10H2,1-4H3. The highest BCUT2D eigenvalue weighted by molar-refractivity contribution is 7.88. The highest BCUT2D eigenvalue weighted by Gasteiger charge is 2.26. The van der Waals surface area contributed by atoms with Crippen LogP contribution in [0.2, 0.25) is 0 Å². The van der Waals surface area contributed by atoms with E-state index >= 15 is 0 Å². The Balaban J connectivity index is 2.40. The van der Waals surface area contributed by atoms with Gasteiger partial charge in [-0.25, -0.2) is 13.4 Å². The number of anilines is 1. The average Bonchev–Trinajstić information content (AvgIpc) is 2.48. The van der Waals surface area contributed by atoms with Crippen LogP contribution in [0.1, 0.15) is 25.1 Å². The van der Waals surface area contributed by atoms with Crippen molar-refractivity contribution in [3.05, 3.63) is 23.4 Å². The minimum atomic E-state index is -3.18. The summed E-state index contributed by atoms with van der Waals surface area (Å²) in [7, 11) is -3.18. The third kappa shape index (κ3) is 3.49. The van der Waals surface area contributed by atoms with Gasteiger partial charge in [-0.05, 0) is 18.9 Å². The van der Waals surface area contributed by atoms with E-state index in [-0.39, 0.29) is 0 Å². The third-order valence-corrected chi connectivity index (χ3v) is 4.66. The number of nitrogens with zero attached hydrogens (tertiary/aromatic N) is 3. The Morgan fingerprint density at radius 2 is 2.00 bits per heavy atom. The highest BCUT2D eigenvalue weighted by Crippen LogP contribution is 2.25. The van der Waals surface area contributed by atoms with Crippen molar-refractivity contribution in [3.8, 4) is 0 Å². The number of fused-ring (bicyclic) bond motifs is 1. The van der Waals surface area contributed by atoms with Gasteiger partial charge in [0.05, 0.1) is 6.26 Å². The number of aromatic nitrogens is 1. The quantitative estimate of drug-likeness (QED) is 0.851. The van der Waals surface area contributed by atoms with E-state index in [1.54, 1.807) is 0 Å². The van der Waals surface area contributed by atoms with Crippen molar-refractivity contribution in [1.82, 2.24) is 9.29 Å². The van der Waals surface area contributed by atoms with E-state index in [0.717, 1.165) is 23.6 Å². The monoisotopic (exact) mass is 297 g/mol. The summed E-state index contributed by atoms with van der Waals surface area (Å²) in [6.45, 7) is 8.79. The fourth-order valence-electron chi connectivity index (χ4n) is 2.48. The molecular formula is C14H23N3O2S. The fourth-order valence-corrected chi connectivity index (χ4v) is 3.26. The molecule has 6 heteroatoms. The third-order valence-electron chi connectivity index (χ3n) is 3.42. The summed E-state index contributed by atoms with van der Waals surface area (Å²) in [6, 6.07) is 3.94. The molecule has 1 aromatic heterocycles. The molecular weight excluding hydrogens is 274 g/mol. The van der Waals surface area contributed by atoms with E-state index in [0.29, 0.717) is 25.6 Å². The molecule has 0 saturated heterocycles. The number of pyridine rings is 1. The van der Waals surface area contributed by atoms with E-state index < -0.39 is 10.0 Å². The summed E-state index contributed by atoms with van der Waals surface area (Å²) >= 11 is 0. The normalized spacial score (nSPS) is 17.1. The molecule has 5 nitrogen and oxygen atoms in total. The van der Waals surface area contributed by atoms with Gasteiger partial charge in [0.15, 0.2) is 0 Å². The second kappa shape index (κ2) is 5.69. The van der Waals surface area contributed by atoms with E-state index in [9.17, 15) is 8.42 Å². The van der Waals surface area contributed by atoms with Crippen LogP contribution in [0.15, 0.2) is 12.1 Å². The van der Waals surface area contributed by atoms with Gasteiger partial charge >= 0.3 is 0 Å². The van der Waals surface area contributed by atoms with Crippen molar-refractivity contribution in [2.45, 2.75) is 27.3 Å². The lowest BCUT2D eigenvalue weighted by Crippen LogP contribution is -2.36. The first kappa shape index (κ1) is 15.3. The van der Waals surface area contributed by atoms with Gasteiger partial charge < -0.3 is 4.90 Å². The van der Waals surface area contributed by atoms with Crippen molar-refractivity contribution >= 4 is 15.8 Å². The maximum absolute atomic E-state index is 11.8. The molecule has 0 atom stereocenters. The van der Waals surface area contributed by atoms with Gasteiger partial charge in [-0.3, -0.25) is 0 Å². The lowest BCUT2D eigenvalue weighted by molar-refractivity contribution is 0.420. The van der Waals surface area contributed by atoms with Crippen LogP contribution in [-0.4, -0.2) is 43.6 Å². The van der Waals surface area contributed by atoms with Crippen molar-refractivity contribution in [3.63, 3.8) is 0 Å². The predicted octanol–water partition coefficient (Wildman–Crippen LogP) is 1.63. The van der Waals surface area contributed by atoms with Crippen molar-refractivity contribution in [2.24, 2.45) is 5.92 Å². The van der Waals surface area contributed by atoms with Gasteiger partial charge in [-0.1, -0.05) is 19.9 Å². The SMILES string of the molecule is Cc1ccc2c(n1)N(CC(C)C)CCN(S(C)(=O)=O)C2. The number of hydrogen-bond acceptors (Lipinski definition) is 4. The maximum Gasteiger partial charge on any atom is 0.211 e. The minimum Gasteiger partial charge on any atom is -0.355 e. The van der Waals surface area contributed by atoms with Crippen molar-refractivity contribution < 1.29 is 8.42 Å². The Morgan fingerprint density at radius 3 is 2.60 bits per heavy atom. The number of hydrogen-bond donors (Lipinski definition) is 0. The van der Waals surface area contributed by atoms with Gasteiger partial charge in [-0.2, -0.15) is 4.31 Å². The summed E-state index contributed by atoms with van der Waals surface area (Å²) in [6.07, 6.45) is 1.27. The molecule has 0 bridgehead atoms. The Kier molecular flexibility index (Phi) is 4.34. The van der Waals surface area contributed by atoms with E-state index in [1.165, 1.54) is 10.6 Å². The molecule has 1 aliphatic heterocycles. The average molecular weight is 297 g/mol. The summed E-state index contributed by atoms with van der Waals surface area (Å²) in [5.41, 5.74) is 1.95. The van der Waals surface area contributed by atoms with Gasteiger partial charge in [0.25, 0.3) is 0 Å². The number of aryl methyl sites for hydroxylation is 1. The van der Waals surface area contributed by atoms with Gasteiger partial charge in [0.1, 0.15) is 5.82 Å². The highest BCUT2D eigenvalue weighted by atomic mass is 32.2. The maximum atomic E-state index is 11.8. The van der Waals surface area contributed by atoms with Crippen LogP contribution >= 0.6 is 0 Å². The van der Waals surface area contributed by atoms with Crippen LogP contribution < -0.4 is 4.90 Å². The second-order valence-electron chi connectivity index (χ2n) is 5.87. The fraction of sp³-hybridized carbons (Fsp3) is 0.643. The molecule has 0 amide bonds. The molecule has 0 fully saturated rings. The number of rotatable bonds is 3. The van der Waals surface area contributed by atoms with Crippen LogP contribution in [-0.2, 0) is 16.6 Å². The molecule has 0 spiro atoms. The molecule has 0 aromatic carbocycles. The van der Waals surface area contributed by atoms with E-state index in [1.807, 2.05) is 19.1 Å². The molecule has 112 valence electrons. The smallest absolute Gasteiger partial charge is 0.211 e. The van der Waals surface area contributed by atoms with Crippen LogP contribution in [0.3, 0.4) is 0 Å². The summed E-state index contributed by atoms with van der Waals surface area (Å²) in [4.78, 5) is 6.84. The summed E-state index contributed by atoms with van der Waals surface area (Å²) in [5, 5.41) is 0. The molecule has 1 aromatic rings. The zero-order chi connectivity index (χ0) is 14.9. The van der Waals surface area contributed by atoms with Crippen molar-refractivity contribution in [2.75, 3.05) is 30.8 Å². The Bertz CT molecular complexity index is 584. The van der Waals surface area contributed by atoms with Crippen LogP contribution in [0.25, 0.3) is 0 Å². The molecule has 1 aliphatic rings. The lowest BCUT2D eigenvalue weighted by atomic mass is 10.2. The van der Waals surface area contributed by atoms with Gasteiger partial charge in [-0.15, -0.1) is 0 Å². The minimum absolute atomic E-state index is 0.413. The Labute approximate surface area is 121 Å². The lowest BCUT2D eigenvalue weighted by Gasteiger charge is -2.25. The van der Waals surface area contributed by atoms with E-state index in [2.05, 4.69) is 23.7 Å². The van der Waals surface area contributed by atoms with Gasteiger partial charge in [0.2, 0.25) is 10.0 Å². The predicted molar refractivity (Wildman–Crippen MR) is 81.3 cm³/mol. The largest absolute Gasteiger partial charge is 0.355 e. The summed E-state index contributed by atoms with van der Waals surface area (Å²) in [5.74, 6) is 1.44. The first-order chi connectivity index (χ1) is 9.27. The Morgan fingerprint density at radius 1 is 1.30 bits per heavy atom. The topological polar surface area (TPSA) is 53.5 Å². The first-order valence-corrected chi connectivity index (χ1v) is 8.79. The number of sulfonamides is 1. The molecule has 2 heterocycles.